The number of imidazole rings is 1. The summed E-state index contributed by atoms with van der Waals surface area (Å²) >= 11 is 6.92. The average molecular weight is 543 g/mol. The summed E-state index contributed by atoms with van der Waals surface area (Å²) in [5.74, 6) is 0.441. The molecule has 1 aliphatic heterocycles. The number of halogens is 1. The van der Waals surface area contributed by atoms with Gasteiger partial charge in [-0.1, -0.05) is 42.5 Å². The van der Waals surface area contributed by atoms with Crippen molar-refractivity contribution in [3.63, 3.8) is 0 Å². The molecule has 2 amide bonds. The first-order valence-electron chi connectivity index (χ1n) is 10.1. The van der Waals surface area contributed by atoms with E-state index in [0.29, 0.717) is 17.9 Å². The first-order valence-corrected chi connectivity index (χ1v) is 12.6. The number of amides is 2. The van der Waals surface area contributed by atoms with Crippen LogP contribution in [0.3, 0.4) is 0 Å². The van der Waals surface area contributed by atoms with E-state index in [4.69, 9.17) is 4.74 Å². The van der Waals surface area contributed by atoms with Gasteiger partial charge in [-0.15, -0.1) is 22.7 Å². The number of H-pyrrole nitrogens is 1. The SMILES string of the molecule is COC(=O)NC(C(=O)N1CC=CC1c1ncc(-c2cc3sc(Br)cc3s2)[nH]1)c1ccccc1. The van der Waals surface area contributed by atoms with E-state index in [1.807, 2.05) is 42.5 Å². The van der Waals surface area contributed by atoms with Crippen molar-refractivity contribution >= 4 is 60.0 Å². The highest BCUT2D eigenvalue weighted by Crippen LogP contribution is 2.40. The summed E-state index contributed by atoms with van der Waals surface area (Å²) in [6, 6.07) is 12.2. The lowest BCUT2D eigenvalue weighted by Crippen LogP contribution is -2.43. The summed E-state index contributed by atoms with van der Waals surface area (Å²) in [6.07, 6.45) is 5.02. The number of nitrogens with zero attached hydrogens (tertiary/aromatic N) is 2. The van der Waals surface area contributed by atoms with Gasteiger partial charge in [0.25, 0.3) is 5.91 Å². The number of carbonyl (C=O) groups is 2. The van der Waals surface area contributed by atoms with E-state index in [0.717, 1.165) is 14.4 Å². The van der Waals surface area contributed by atoms with Crippen LogP contribution < -0.4 is 5.32 Å². The molecule has 1 aromatic carbocycles. The first-order chi connectivity index (χ1) is 16.0. The molecule has 33 heavy (non-hydrogen) atoms. The van der Waals surface area contributed by atoms with Crippen LogP contribution in [0.2, 0.25) is 0 Å². The Kier molecular flexibility index (Phi) is 6.05. The second-order valence-corrected chi connectivity index (χ2v) is 11.0. The maximum absolute atomic E-state index is 13.5. The minimum Gasteiger partial charge on any atom is -0.453 e. The van der Waals surface area contributed by atoms with Gasteiger partial charge in [-0.2, -0.15) is 0 Å². The zero-order valence-corrected chi connectivity index (χ0v) is 20.7. The number of methoxy groups -OCH3 is 1. The molecule has 0 radical (unpaired) electrons. The van der Waals surface area contributed by atoms with Crippen molar-refractivity contribution < 1.29 is 14.3 Å². The molecule has 5 rings (SSSR count). The lowest BCUT2D eigenvalue weighted by atomic mass is 10.1. The third-order valence-corrected chi connectivity index (χ3v) is 8.21. The number of hydrogen-bond donors (Lipinski definition) is 2. The Morgan fingerprint density at radius 3 is 2.79 bits per heavy atom. The summed E-state index contributed by atoms with van der Waals surface area (Å²) in [4.78, 5) is 36.3. The van der Waals surface area contributed by atoms with Crippen LogP contribution in [0.25, 0.3) is 20.0 Å². The molecule has 0 bridgehead atoms. The second-order valence-electron chi connectivity index (χ2n) is 7.41. The van der Waals surface area contributed by atoms with Crippen molar-refractivity contribution in [3.8, 4) is 10.6 Å². The molecular formula is C23H19BrN4O3S2. The zero-order valence-electron chi connectivity index (χ0n) is 17.4. The molecule has 2 unspecified atom stereocenters. The molecule has 7 nitrogen and oxygen atoms in total. The van der Waals surface area contributed by atoms with E-state index in [-0.39, 0.29) is 11.9 Å². The van der Waals surface area contributed by atoms with Gasteiger partial charge < -0.3 is 19.9 Å². The highest BCUT2D eigenvalue weighted by atomic mass is 79.9. The lowest BCUT2D eigenvalue weighted by molar-refractivity contribution is -0.134. The summed E-state index contributed by atoms with van der Waals surface area (Å²) in [5, 5.41) is 2.67. The number of carbonyl (C=O) groups excluding carboxylic acids is 2. The maximum atomic E-state index is 13.5. The molecule has 2 N–H and O–H groups in total. The van der Waals surface area contributed by atoms with Crippen molar-refractivity contribution in [3.05, 3.63) is 76.0 Å². The van der Waals surface area contributed by atoms with E-state index in [2.05, 4.69) is 43.3 Å². The van der Waals surface area contributed by atoms with Crippen molar-refractivity contribution in [1.82, 2.24) is 20.2 Å². The molecule has 168 valence electrons. The van der Waals surface area contributed by atoms with Gasteiger partial charge in [0.15, 0.2) is 0 Å². The van der Waals surface area contributed by atoms with Gasteiger partial charge in [-0.05, 0) is 33.6 Å². The van der Waals surface area contributed by atoms with Gasteiger partial charge in [0, 0.05) is 15.9 Å². The molecule has 3 aromatic heterocycles. The third kappa shape index (κ3) is 4.33. The van der Waals surface area contributed by atoms with E-state index >= 15 is 0 Å². The fourth-order valence-corrected chi connectivity index (χ4v) is 6.80. The summed E-state index contributed by atoms with van der Waals surface area (Å²) in [6.45, 7) is 0.425. The van der Waals surface area contributed by atoms with Gasteiger partial charge in [0.1, 0.15) is 17.9 Å². The van der Waals surface area contributed by atoms with Crippen LogP contribution in [0, 0.1) is 0 Å². The number of nitrogens with one attached hydrogen (secondary N) is 2. The Bertz CT molecular complexity index is 1310. The summed E-state index contributed by atoms with van der Waals surface area (Å²) in [7, 11) is 1.28. The number of benzene rings is 1. The topological polar surface area (TPSA) is 87.3 Å². The molecule has 0 fully saturated rings. The number of ether oxygens (including phenoxy) is 1. The highest BCUT2D eigenvalue weighted by molar-refractivity contribution is 9.11. The Balaban J connectivity index is 1.41. The fraction of sp³-hybridized carbons (Fsp3) is 0.174. The number of rotatable bonds is 5. The number of thiophene rings is 2. The predicted octanol–water partition coefficient (Wildman–Crippen LogP) is 5.65. The Morgan fingerprint density at radius 1 is 1.24 bits per heavy atom. The normalized spacial score (nSPS) is 16.3. The number of aromatic nitrogens is 2. The van der Waals surface area contributed by atoms with Crippen LogP contribution in [-0.2, 0) is 9.53 Å². The third-order valence-electron chi connectivity index (χ3n) is 5.38. The molecule has 0 spiro atoms. The second kappa shape index (κ2) is 9.12. The smallest absolute Gasteiger partial charge is 0.407 e. The van der Waals surface area contributed by atoms with Crippen LogP contribution in [0.15, 0.2) is 64.6 Å². The Morgan fingerprint density at radius 2 is 2.03 bits per heavy atom. The van der Waals surface area contributed by atoms with Crippen LogP contribution in [-0.4, -0.2) is 40.5 Å². The number of hydrogen-bond acceptors (Lipinski definition) is 6. The van der Waals surface area contributed by atoms with Crippen molar-refractivity contribution in [2.75, 3.05) is 13.7 Å². The maximum Gasteiger partial charge on any atom is 0.407 e. The van der Waals surface area contributed by atoms with Crippen molar-refractivity contribution in [2.24, 2.45) is 0 Å². The fourth-order valence-electron chi connectivity index (χ4n) is 3.81. The number of aromatic amines is 1. The van der Waals surface area contributed by atoms with Gasteiger partial charge in [0.2, 0.25) is 0 Å². The van der Waals surface area contributed by atoms with Crippen molar-refractivity contribution in [2.45, 2.75) is 12.1 Å². The average Bonchev–Trinajstić information content (AvgIpc) is 3.60. The van der Waals surface area contributed by atoms with Gasteiger partial charge in [-0.3, -0.25) is 4.79 Å². The molecule has 1 aliphatic rings. The van der Waals surface area contributed by atoms with E-state index in [9.17, 15) is 9.59 Å². The standard InChI is InChI=1S/C23H19BrN4O3S2/c1-31-23(30)27-20(13-6-3-2-4-7-13)22(29)28-9-5-8-15(28)21-25-12-14(26-21)16-10-17-18(32-16)11-19(24)33-17/h2-8,10-12,15,20H,9H2,1H3,(H,25,26)(H,27,30). The molecule has 4 heterocycles. The largest absolute Gasteiger partial charge is 0.453 e. The Labute approximate surface area is 206 Å². The Hall–Kier alpha value is -2.95. The van der Waals surface area contributed by atoms with Gasteiger partial charge >= 0.3 is 6.09 Å². The van der Waals surface area contributed by atoms with Gasteiger partial charge in [-0.25, -0.2) is 9.78 Å². The number of fused-ring (bicyclic) bond motifs is 1. The predicted molar refractivity (Wildman–Crippen MR) is 133 cm³/mol. The van der Waals surface area contributed by atoms with Crippen LogP contribution in [0.1, 0.15) is 23.5 Å². The molecule has 10 heteroatoms. The van der Waals surface area contributed by atoms with Crippen molar-refractivity contribution in [1.29, 1.82) is 0 Å². The van der Waals surface area contributed by atoms with E-state index < -0.39 is 12.1 Å². The monoisotopic (exact) mass is 542 g/mol. The lowest BCUT2D eigenvalue weighted by Gasteiger charge is -2.28. The minimum absolute atomic E-state index is 0.235. The molecule has 4 aromatic rings. The number of alkyl carbamates (subject to hydrolysis) is 1. The van der Waals surface area contributed by atoms with Crippen LogP contribution >= 0.6 is 38.6 Å². The highest BCUT2D eigenvalue weighted by Gasteiger charge is 2.34. The minimum atomic E-state index is -0.863. The summed E-state index contributed by atoms with van der Waals surface area (Å²) < 4.78 is 8.29. The molecular weight excluding hydrogens is 524 g/mol. The molecule has 2 atom stereocenters. The zero-order chi connectivity index (χ0) is 22.9. The summed E-state index contributed by atoms with van der Waals surface area (Å²) in [5.41, 5.74) is 1.60. The first kappa shape index (κ1) is 21.9. The van der Waals surface area contributed by atoms with E-state index in [1.54, 1.807) is 33.8 Å². The molecule has 0 aliphatic carbocycles. The van der Waals surface area contributed by atoms with Crippen LogP contribution in [0.5, 0.6) is 0 Å². The molecule has 0 saturated carbocycles. The molecule has 0 saturated heterocycles. The van der Waals surface area contributed by atoms with E-state index in [1.165, 1.54) is 16.5 Å². The quantitative estimate of drug-likeness (QED) is 0.319. The van der Waals surface area contributed by atoms with Gasteiger partial charge in [0.05, 0.1) is 27.7 Å². The van der Waals surface area contributed by atoms with Crippen LogP contribution in [0.4, 0.5) is 4.79 Å².